The molecule has 2 rings (SSSR count). The van der Waals surface area contributed by atoms with Crippen LogP contribution >= 0.6 is 0 Å². The van der Waals surface area contributed by atoms with E-state index in [2.05, 4.69) is 15.0 Å². The summed E-state index contributed by atoms with van der Waals surface area (Å²) in [4.78, 5) is 3.74. The van der Waals surface area contributed by atoms with Crippen LogP contribution in [0.2, 0.25) is 0 Å². The van der Waals surface area contributed by atoms with Crippen molar-refractivity contribution in [2.24, 2.45) is 0 Å². The van der Waals surface area contributed by atoms with Crippen molar-refractivity contribution in [3.63, 3.8) is 0 Å². The summed E-state index contributed by atoms with van der Waals surface area (Å²) in [6.45, 7) is 7.32. The first-order chi connectivity index (χ1) is 13.4. The van der Waals surface area contributed by atoms with Gasteiger partial charge in [-0.1, -0.05) is 12.1 Å². The molecule has 29 heavy (non-hydrogen) atoms. The number of alkyl halides is 3. The molecule has 1 aromatic heterocycles. The van der Waals surface area contributed by atoms with Crippen LogP contribution in [0, 0.1) is 0 Å². The van der Waals surface area contributed by atoms with Gasteiger partial charge in [-0.2, -0.15) is 13.2 Å². The Labute approximate surface area is 172 Å². The number of hydrogen-bond donors (Lipinski definition) is 2. The zero-order chi connectivity index (χ0) is 21.8. The van der Waals surface area contributed by atoms with Crippen molar-refractivity contribution in [1.82, 2.24) is 9.71 Å². The summed E-state index contributed by atoms with van der Waals surface area (Å²) in [5, 5.41) is 3.01. The second kappa shape index (κ2) is 9.23. The highest BCUT2D eigenvalue weighted by molar-refractivity contribution is 7.90. The van der Waals surface area contributed by atoms with Gasteiger partial charge in [0.25, 0.3) is 0 Å². The third-order valence-electron chi connectivity index (χ3n) is 4.07. The number of halogens is 3. The molecule has 0 aliphatic carbocycles. The summed E-state index contributed by atoms with van der Waals surface area (Å²) >= 11 is -1.44. The predicted octanol–water partition coefficient (Wildman–Crippen LogP) is 4.83. The minimum absolute atomic E-state index is 0.162. The molecule has 0 saturated carbocycles. The van der Waals surface area contributed by atoms with Gasteiger partial charge in [0.1, 0.15) is 16.2 Å². The fraction of sp³-hybridized carbons (Fsp3) is 0.450. The Bertz CT molecular complexity index is 808. The van der Waals surface area contributed by atoms with Crippen molar-refractivity contribution in [3.8, 4) is 5.75 Å². The van der Waals surface area contributed by atoms with Crippen molar-refractivity contribution < 1.29 is 22.5 Å². The highest BCUT2D eigenvalue weighted by Crippen LogP contribution is 2.31. The van der Waals surface area contributed by atoms with Crippen LogP contribution in [0.4, 0.5) is 18.9 Å². The number of methoxy groups -OCH3 is 1. The van der Waals surface area contributed by atoms with E-state index in [0.717, 1.165) is 11.6 Å². The van der Waals surface area contributed by atoms with E-state index in [4.69, 9.17) is 4.74 Å². The van der Waals surface area contributed by atoms with Gasteiger partial charge in [-0.15, -0.1) is 4.72 Å². The number of nitrogens with zero attached hydrogens (tertiary/aromatic N) is 1. The SMILES string of the molecule is COc1ccc(CNc2cc(C(C)N[S+]([O-])C(C)(C)C)nc(C(F)(F)F)c2)cc1. The Balaban J connectivity index is 2.23. The number of rotatable bonds is 7. The molecule has 0 bridgehead atoms. The fourth-order valence-electron chi connectivity index (χ4n) is 2.37. The summed E-state index contributed by atoms with van der Waals surface area (Å²) in [6.07, 6.45) is -4.59. The first-order valence-corrected chi connectivity index (χ1v) is 10.2. The summed E-state index contributed by atoms with van der Waals surface area (Å²) in [6, 6.07) is 9.11. The lowest BCUT2D eigenvalue weighted by molar-refractivity contribution is -0.141. The molecule has 0 spiro atoms. The van der Waals surface area contributed by atoms with Gasteiger partial charge >= 0.3 is 6.18 Å². The lowest BCUT2D eigenvalue weighted by Gasteiger charge is -2.26. The summed E-state index contributed by atoms with van der Waals surface area (Å²) in [5.74, 6) is 0.700. The van der Waals surface area contributed by atoms with Crippen LogP contribution in [0.25, 0.3) is 0 Å². The van der Waals surface area contributed by atoms with Crippen molar-refractivity contribution in [2.45, 2.75) is 51.2 Å². The average molecular weight is 430 g/mol. The average Bonchev–Trinajstić information content (AvgIpc) is 2.65. The first kappa shape index (κ1) is 23.3. The lowest BCUT2D eigenvalue weighted by atomic mass is 10.1. The Morgan fingerprint density at radius 1 is 1.14 bits per heavy atom. The normalized spacial score (nSPS) is 14.4. The van der Waals surface area contributed by atoms with Gasteiger partial charge < -0.3 is 14.6 Å². The van der Waals surface area contributed by atoms with E-state index in [1.54, 1.807) is 46.9 Å². The molecule has 0 saturated heterocycles. The van der Waals surface area contributed by atoms with Gasteiger partial charge in [-0.3, -0.25) is 0 Å². The number of nitrogens with one attached hydrogen (secondary N) is 2. The van der Waals surface area contributed by atoms with Crippen molar-refractivity contribution in [3.05, 3.63) is 53.3 Å². The largest absolute Gasteiger partial charge is 0.598 e. The van der Waals surface area contributed by atoms with E-state index in [9.17, 15) is 17.7 Å². The molecule has 0 radical (unpaired) electrons. The number of pyridine rings is 1. The van der Waals surface area contributed by atoms with Crippen LogP contribution in [0.1, 0.15) is 50.7 Å². The van der Waals surface area contributed by atoms with Crippen molar-refractivity contribution >= 4 is 17.0 Å². The molecule has 2 N–H and O–H groups in total. The molecular weight excluding hydrogens is 403 g/mol. The van der Waals surface area contributed by atoms with Crippen molar-refractivity contribution in [2.75, 3.05) is 12.4 Å². The molecule has 0 aliphatic rings. The monoisotopic (exact) mass is 429 g/mol. The third-order valence-corrected chi connectivity index (χ3v) is 5.75. The Hall–Kier alpha value is -1.97. The minimum atomic E-state index is -4.59. The number of benzene rings is 1. The number of hydrogen-bond acceptors (Lipinski definition) is 5. The molecule has 0 aliphatic heterocycles. The van der Waals surface area contributed by atoms with E-state index < -0.39 is 34.0 Å². The standard InChI is InChI=1S/C20H26F3N3O2S/c1-13(26-29(27)19(2,3)4)17-10-15(11-18(25-17)20(21,22)23)24-12-14-6-8-16(28-5)9-7-14/h6-11,13,26H,12H2,1-5H3,(H,24,25). The predicted molar refractivity (Wildman–Crippen MR) is 109 cm³/mol. The van der Waals surface area contributed by atoms with E-state index in [1.807, 2.05) is 12.1 Å². The van der Waals surface area contributed by atoms with Gasteiger partial charge in [0.15, 0.2) is 0 Å². The molecule has 9 heteroatoms. The van der Waals surface area contributed by atoms with Crippen LogP contribution in [-0.4, -0.2) is 21.4 Å². The fourth-order valence-corrected chi connectivity index (χ4v) is 3.16. The lowest BCUT2D eigenvalue weighted by Crippen LogP contribution is -2.40. The molecule has 2 aromatic rings. The molecule has 0 amide bonds. The molecule has 0 fully saturated rings. The maximum atomic E-state index is 13.3. The van der Waals surface area contributed by atoms with Crippen LogP contribution < -0.4 is 14.8 Å². The summed E-state index contributed by atoms with van der Waals surface area (Å²) < 4.78 is 59.7. The highest BCUT2D eigenvalue weighted by atomic mass is 32.2. The van der Waals surface area contributed by atoms with Crippen molar-refractivity contribution in [1.29, 1.82) is 0 Å². The summed E-state index contributed by atoms with van der Waals surface area (Å²) in [7, 11) is 1.56. The van der Waals surface area contributed by atoms with E-state index >= 15 is 0 Å². The van der Waals surface area contributed by atoms with E-state index in [0.29, 0.717) is 12.3 Å². The third kappa shape index (κ3) is 6.80. The second-order valence-electron chi connectivity index (χ2n) is 7.59. The smallest absolute Gasteiger partial charge is 0.433 e. The van der Waals surface area contributed by atoms with E-state index in [1.165, 1.54) is 6.07 Å². The Morgan fingerprint density at radius 2 is 1.76 bits per heavy atom. The Morgan fingerprint density at radius 3 is 2.28 bits per heavy atom. The van der Waals surface area contributed by atoms with Crippen LogP contribution in [0.3, 0.4) is 0 Å². The van der Waals surface area contributed by atoms with Gasteiger partial charge in [0, 0.05) is 23.6 Å². The van der Waals surface area contributed by atoms with Gasteiger partial charge in [0.05, 0.1) is 18.8 Å². The topological polar surface area (TPSA) is 69.2 Å². The maximum absolute atomic E-state index is 13.3. The molecule has 160 valence electrons. The van der Waals surface area contributed by atoms with Gasteiger partial charge in [-0.25, -0.2) is 4.98 Å². The minimum Gasteiger partial charge on any atom is -0.598 e. The van der Waals surface area contributed by atoms with Crippen LogP contribution in [0.15, 0.2) is 36.4 Å². The molecule has 1 heterocycles. The summed E-state index contributed by atoms with van der Waals surface area (Å²) in [5.41, 5.74) is 0.336. The zero-order valence-corrected chi connectivity index (χ0v) is 17.9. The number of anilines is 1. The van der Waals surface area contributed by atoms with Gasteiger partial charge in [0.2, 0.25) is 0 Å². The van der Waals surface area contributed by atoms with Crippen LogP contribution in [-0.2, 0) is 24.1 Å². The maximum Gasteiger partial charge on any atom is 0.433 e. The Kier molecular flexibility index (Phi) is 7.42. The second-order valence-corrected chi connectivity index (χ2v) is 9.58. The molecular formula is C20H26F3N3O2S. The zero-order valence-electron chi connectivity index (χ0n) is 17.1. The molecule has 1 aromatic carbocycles. The molecule has 2 atom stereocenters. The number of ether oxygens (including phenoxy) is 1. The molecule has 2 unspecified atom stereocenters. The highest BCUT2D eigenvalue weighted by Gasteiger charge is 2.34. The quantitative estimate of drug-likeness (QED) is 0.617. The van der Waals surface area contributed by atoms with E-state index in [-0.39, 0.29) is 11.4 Å². The number of aromatic nitrogens is 1. The molecule has 5 nitrogen and oxygen atoms in total. The van der Waals surface area contributed by atoms with Gasteiger partial charge in [-0.05, 0) is 57.5 Å². The first-order valence-electron chi connectivity index (χ1n) is 9.04. The van der Waals surface area contributed by atoms with Crippen LogP contribution in [0.5, 0.6) is 5.75 Å².